The fourth-order valence-electron chi connectivity index (χ4n) is 2.13. The number of amidine groups is 1. The highest BCUT2D eigenvalue weighted by molar-refractivity contribution is 7.98. The third-order valence-corrected chi connectivity index (χ3v) is 5.45. The molecule has 1 aliphatic rings. The number of carboxylic acid groups (broad SMARTS) is 1. The molecular formula is C14H20N4O5S2. The molecule has 2 heterocycles. The minimum atomic E-state index is -4.22. The Kier molecular flexibility index (Phi) is 6.14. The van der Waals surface area contributed by atoms with Crippen molar-refractivity contribution in [2.24, 2.45) is 10.1 Å². The summed E-state index contributed by atoms with van der Waals surface area (Å²) in [7, 11) is -0.297. The van der Waals surface area contributed by atoms with Gasteiger partial charge >= 0.3 is 5.97 Å². The summed E-state index contributed by atoms with van der Waals surface area (Å²) in [5.41, 5.74) is 5.18. The van der Waals surface area contributed by atoms with Crippen LogP contribution < -0.4 is 11.1 Å². The molecule has 4 N–H and O–H groups in total. The lowest BCUT2D eigenvalue weighted by atomic mass is 10.3. The molecule has 0 saturated carbocycles. The molecule has 1 aliphatic heterocycles. The number of furan rings is 1. The van der Waals surface area contributed by atoms with Gasteiger partial charge in [-0.2, -0.15) is 20.2 Å². The molecule has 138 valence electrons. The van der Waals surface area contributed by atoms with E-state index in [1.165, 1.54) is 0 Å². The van der Waals surface area contributed by atoms with Crippen molar-refractivity contribution in [1.82, 2.24) is 10.2 Å². The lowest BCUT2D eigenvalue weighted by Gasteiger charge is -2.06. The average Bonchev–Trinajstić information content (AvgIpc) is 3.00. The van der Waals surface area contributed by atoms with Crippen molar-refractivity contribution in [1.29, 1.82) is 0 Å². The maximum atomic E-state index is 11.6. The first kappa shape index (κ1) is 19.3. The fraction of sp³-hybridized carbons (Fsp3) is 0.429. The Bertz CT molecular complexity index is 811. The molecule has 11 heteroatoms. The SMILES string of the molecule is CN(C)Cc1ccc(CSCCNC2=NS(=O)(=O)C(C(=O)O)=C2N)o1. The minimum absolute atomic E-state index is 0.121. The van der Waals surface area contributed by atoms with Crippen molar-refractivity contribution in [3.05, 3.63) is 34.3 Å². The van der Waals surface area contributed by atoms with Crippen LogP contribution in [-0.2, 0) is 27.1 Å². The van der Waals surface area contributed by atoms with Gasteiger partial charge in [-0.1, -0.05) is 0 Å². The third-order valence-electron chi connectivity index (χ3n) is 3.14. The topological polar surface area (TPSA) is 138 Å². The summed E-state index contributed by atoms with van der Waals surface area (Å²) in [5, 5.41) is 11.6. The van der Waals surface area contributed by atoms with E-state index in [0.717, 1.165) is 18.1 Å². The molecule has 0 unspecified atom stereocenters. The normalized spacial score (nSPS) is 16.4. The first-order chi connectivity index (χ1) is 11.7. The standard InChI is InChI=1S/C14H20N4O5S2/c1-18(2)7-9-3-4-10(23-9)8-24-6-5-16-13-11(15)12(14(19)20)25(21,22)17-13/h3-4H,5-8,15H2,1-2H3,(H,16,17)(H,19,20). The van der Waals surface area contributed by atoms with Gasteiger partial charge in [0.15, 0.2) is 5.84 Å². The number of hydrogen-bond donors (Lipinski definition) is 3. The molecule has 0 atom stereocenters. The molecule has 0 aliphatic carbocycles. The van der Waals surface area contributed by atoms with Crippen LogP contribution in [0.1, 0.15) is 11.5 Å². The first-order valence-electron chi connectivity index (χ1n) is 7.33. The van der Waals surface area contributed by atoms with Gasteiger partial charge in [-0.3, -0.25) is 0 Å². The van der Waals surface area contributed by atoms with Crippen LogP contribution in [0.2, 0.25) is 0 Å². The van der Waals surface area contributed by atoms with Crippen molar-refractivity contribution in [3.63, 3.8) is 0 Å². The number of aliphatic carboxylic acids is 1. The quantitative estimate of drug-likeness (QED) is 0.532. The number of sulfonamides is 1. The molecule has 0 saturated heterocycles. The lowest BCUT2D eigenvalue weighted by Crippen LogP contribution is -2.30. The molecule has 1 aromatic heterocycles. The van der Waals surface area contributed by atoms with Gasteiger partial charge in [0.05, 0.1) is 12.3 Å². The minimum Gasteiger partial charge on any atom is -0.477 e. The highest BCUT2D eigenvalue weighted by Gasteiger charge is 2.35. The lowest BCUT2D eigenvalue weighted by molar-refractivity contribution is -0.131. The van der Waals surface area contributed by atoms with E-state index >= 15 is 0 Å². The van der Waals surface area contributed by atoms with Crippen molar-refractivity contribution in [3.8, 4) is 0 Å². The smallest absolute Gasteiger partial charge is 0.351 e. The van der Waals surface area contributed by atoms with Gasteiger partial charge in [-0.25, -0.2) is 4.79 Å². The van der Waals surface area contributed by atoms with E-state index in [9.17, 15) is 13.2 Å². The number of nitrogens with zero attached hydrogens (tertiary/aromatic N) is 2. The van der Waals surface area contributed by atoms with Crippen molar-refractivity contribution in [2.45, 2.75) is 12.3 Å². The summed E-state index contributed by atoms with van der Waals surface area (Å²) >= 11 is 1.58. The number of thioether (sulfide) groups is 1. The van der Waals surface area contributed by atoms with Crippen LogP contribution in [0, 0.1) is 0 Å². The summed E-state index contributed by atoms with van der Waals surface area (Å²) in [6, 6.07) is 3.86. The number of carboxylic acids is 1. The maximum absolute atomic E-state index is 11.6. The molecule has 0 amide bonds. The number of rotatable bonds is 8. The summed E-state index contributed by atoms with van der Waals surface area (Å²) in [6.45, 7) is 1.12. The summed E-state index contributed by atoms with van der Waals surface area (Å²) in [6.07, 6.45) is 0. The van der Waals surface area contributed by atoms with E-state index in [2.05, 4.69) is 9.71 Å². The van der Waals surface area contributed by atoms with Gasteiger partial charge in [-0.15, -0.1) is 4.40 Å². The Balaban J connectivity index is 1.79. The predicted molar refractivity (Wildman–Crippen MR) is 95.5 cm³/mol. The molecule has 9 nitrogen and oxygen atoms in total. The molecule has 2 rings (SSSR count). The Labute approximate surface area is 150 Å². The number of hydrogen-bond acceptors (Lipinski definition) is 8. The molecule has 0 radical (unpaired) electrons. The summed E-state index contributed by atoms with van der Waals surface area (Å²) in [5.74, 6) is 1.32. The van der Waals surface area contributed by atoms with Crippen LogP contribution in [0.3, 0.4) is 0 Å². The highest BCUT2D eigenvalue weighted by Crippen LogP contribution is 2.20. The average molecular weight is 388 g/mol. The van der Waals surface area contributed by atoms with Gasteiger partial charge in [0, 0.05) is 12.3 Å². The van der Waals surface area contributed by atoms with Gasteiger partial charge in [0.1, 0.15) is 17.2 Å². The third kappa shape index (κ3) is 5.00. The van der Waals surface area contributed by atoms with Gasteiger partial charge in [0.25, 0.3) is 10.0 Å². The van der Waals surface area contributed by atoms with E-state index in [0.29, 0.717) is 18.1 Å². The van der Waals surface area contributed by atoms with E-state index in [4.69, 9.17) is 15.3 Å². The van der Waals surface area contributed by atoms with Gasteiger partial charge in [-0.05, 0) is 26.2 Å². The van der Waals surface area contributed by atoms with Crippen molar-refractivity contribution < 1.29 is 22.7 Å². The number of nitrogens with two attached hydrogens (primary N) is 1. The van der Waals surface area contributed by atoms with Crippen LogP contribution in [0.15, 0.2) is 31.5 Å². The molecule has 25 heavy (non-hydrogen) atoms. The zero-order chi connectivity index (χ0) is 18.6. The molecule has 1 aromatic rings. The Morgan fingerprint density at radius 2 is 2.08 bits per heavy atom. The van der Waals surface area contributed by atoms with E-state index in [1.807, 2.05) is 31.1 Å². The Morgan fingerprint density at radius 1 is 1.40 bits per heavy atom. The molecule has 0 spiro atoms. The van der Waals surface area contributed by atoms with Gasteiger partial charge < -0.3 is 25.5 Å². The molecule has 0 bridgehead atoms. The van der Waals surface area contributed by atoms with Crippen LogP contribution >= 0.6 is 11.8 Å². The summed E-state index contributed by atoms with van der Waals surface area (Å²) < 4.78 is 32.3. The number of nitrogens with one attached hydrogen (secondary N) is 1. The van der Waals surface area contributed by atoms with E-state index < -0.39 is 20.9 Å². The predicted octanol–water partition coefficient (Wildman–Crippen LogP) is 0.161. The van der Waals surface area contributed by atoms with Crippen molar-refractivity contribution >= 4 is 33.6 Å². The second-order valence-electron chi connectivity index (χ2n) is 5.55. The highest BCUT2D eigenvalue weighted by atomic mass is 32.2. The second kappa shape index (κ2) is 7.93. The van der Waals surface area contributed by atoms with E-state index in [-0.39, 0.29) is 11.5 Å². The molecule has 0 fully saturated rings. The largest absolute Gasteiger partial charge is 0.477 e. The molecular weight excluding hydrogens is 368 g/mol. The Morgan fingerprint density at radius 3 is 2.68 bits per heavy atom. The van der Waals surface area contributed by atoms with Crippen LogP contribution in [0.25, 0.3) is 0 Å². The molecule has 0 aromatic carbocycles. The summed E-state index contributed by atoms with van der Waals surface area (Å²) in [4.78, 5) is 12.1. The zero-order valence-corrected chi connectivity index (χ0v) is 15.5. The van der Waals surface area contributed by atoms with Gasteiger partial charge in [0.2, 0.25) is 4.91 Å². The fourth-order valence-corrected chi connectivity index (χ4v) is 3.96. The second-order valence-corrected chi connectivity index (χ2v) is 8.19. The zero-order valence-electron chi connectivity index (χ0n) is 13.9. The maximum Gasteiger partial charge on any atom is 0.351 e. The monoisotopic (exact) mass is 388 g/mol. The van der Waals surface area contributed by atoms with Crippen LogP contribution in [0.4, 0.5) is 0 Å². The number of carbonyl (C=O) groups is 1. The van der Waals surface area contributed by atoms with Crippen molar-refractivity contribution in [2.75, 3.05) is 26.4 Å². The van der Waals surface area contributed by atoms with Crippen LogP contribution in [-0.4, -0.2) is 56.6 Å². The Hall–Kier alpha value is -1.98. The van der Waals surface area contributed by atoms with E-state index in [1.54, 1.807) is 11.8 Å². The van der Waals surface area contributed by atoms with Crippen LogP contribution in [0.5, 0.6) is 0 Å². The first-order valence-corrected chi connectivity index (χ1v) is 9.92.